The van der Waals surface area contributed by atoms with E-state index in [4.69, 9.17) is 25.8 Å². The van der Waals surface area contributed by atoms with Crippen LogP contribution in [0.5, 0.6) is 0 Å². The summed E-state index contributed by atoms with van der Waals surface area (Å²) < 4.78 is 17.6. The topological polar surface area (TPSA) is 88.5 Å². The Bertz CT molecular complexity index is 1140. The number of hydrogen-bond donors (Lipinski definition) is 1. The van der Waals surface area contributed by atoms with E-state index in [0.29, 0.717) is 24.2 Å². The number of allylic oxidation sites excluding steroid dienone is 1. The van der Waals surface area contributed by atoms with Crippen LogP contribution in [-0.2, 0) is 20.8 Å². The number of azo groups is 1. The van der Waals surface area contributed by atoms with Crippen LogP contribution in [0, 0.1) is 5.92 Å². The van der Waals surface area contributed by atoms with Crippen molar-refractivity contribution < 1.29 is 19.0 Å². The summed E-state index contributed by atoms with van der Waals surface area (Å²) in [4.78, 5) is 18.5. The Morgan fingerprint density at radius 2 is 1.86 bits per heavy atom. The van der Waals surface area contributed by atoms with Gasteiger partial charge in [0.15, 0.2) is 0 Å². The molecule has 4 aliphatic rings. The summed E-state index contributed by atoms with van der Waals surface area (Å²) in [6.45, 7) is 7.96. The molecule has 1 N–H and O–H groups in total. The Morgan fingerprint density at radius 3 is 2.57 bits per heavy atom. The van der Waals surface area contributed by atoms with Crippen LogP contribution in [0.25, 0.3) is 11.8 Å². The second-order valence-corrected chi connectivity index (χ2v) is 11.2. The first-order chi connectivity index (χ1) is 16.8. The molecule has 1 saturated carbocycles. The molecule has 0 spiro atoms. The number of aromatic nitrogens is 1. The second kappa shape index (κ2) is 10.1. The van der Waals surface area contributed by atoms with Gasteiger partial charge in [0.2, 0.25) is 0 Å². The fraction of sp³-hybridized carbons (Fsp3) is 0.654. The number of H-pyrrole nitrogens is 1. The molecule has 0 bridgehead atoms. The molecular weight excluding hydrogens is 468 g/mol. The fourth-order valence-electron chi connectivity index (χ4n) is 5.47. The van der Waals surface area contributed by atoms with E-state index in [1.807, 2.05) is 26.8 Å². The minimum absolute atomic E-state index is 0.277. The van der Waals surface area contributed by atoms with Crippen LogP contribution in [0.1, 0.15) is 64.9 Å². The first kappa shape index (κ1) is 24.5. The van der Waals surface area contributed by atoms with E-state index in [0.717, 1.165) is 79.3 Å². The molecule has 4 heterocycles. The van der Waals surface area contributed by atoms with Gasteiger partial charge in [-0.3, -0.25) is 4.90 Å². The number of nitrogens with zero attached hydrogens (tertiary/aromatic N) is 3. The van der Waals surface area contributed by atoms with Gasteiger partial charge in [0, 0.05) is 30.4 Å². The third-order valence-corrected chi connectivity index (χ3v) is 7.46. The maximum atomic E-state index is 13.3. The molecule has 0 atom stereocenters. The monoisotopic (exact) mass is 502 g/mol. The third kappa shape index (κ3) is 5.34. The Labute approximate surface area is 211 Å². The minimum atomic E-state index is -0.603. The van der Waals surface area contributed by atoms with Crippen LogP contribution in [0.2, 0.25) is 0 Å². The highest BCUT2D eigenvalue weighted by Crippen LogP contribution is 2.39. The van der Waals surface area contributed by atoms with Crippen LogP contribution in [0.15, 0.2) is 21.3 Å². The maximum absolute atomic E-state index is 13.3. The molecule has 0 aromatic carbocycles. The van der Waals surface area contributed by atoms with Crippen LogP contribution in [0.3, 0.4) is 0 Å². The van der Waals surface area contributed by atoms with Crippen molar-refractivity contribution in [3.8, 4) is 0 Å². The summed E-state index contributed by atoms with van der Waals surface area (Å²) >= 11 is 6.93. The van der Waals surface area contributed by atoms with Crippen molar-refractivity contribution >= 4 is 35.2 Å². The number of carbonyl (C=O) groups excluding carboxylic acids is 1. The molecule has 190 valence electrons. The molecular formula is C26H35ClN4O4. The molecule has 3 aliphatic heterocycles. The van der Waals surface area contributed by atoms with Gasteiger partial charge in [0.1, 0.15) is 5.60 Å². The lowest BCUT2D eigenvalue weighted by molar-refractivity contribution is -0.0800. The highest BCUT2D eigenvalue weighted by atomic mass is 35.5. The summed E-state index contributed by atoms with van der Waals surface area (Å²) in [6.07, 6.45) is 9.79. The van der Waals surface area contributed by atoms with E-state index in [1.54, 1.807) is 11.1 Å². The number of anilines is 1. The Morgan fingerprint density at radius 1 is 1.14 bits per heavy atom. The number of aromatic amines is 1. The molecule has 1 aliphatic carbocycles. The predicted molar refractivity (Wildman–Crippen MR) is 135 cm³/mol. The van der Waals surface area contributed by atoms with E-state index in [-0.39, 0.29) is 12.0 Å². The number of fused-ring (bicyclic) bond motifs is 3. The number of carbonyl (C=O) groups is 1. The Balaban J connectivity index is 1.46. The number of hydrogen-bond acceptors (Lipinski definition) is 6. The predicted octanol–water partition coefficient (Wildman–Crippen LogP) is 4.50. The summed E-state index contributed by atoms with van der Waals surface area (Å²) in [5, 5.41) is 10.7. The highest BCUT2D eigenvalue weighted by molar-refractivity contribution is 6.36. The lowest BCUT2D eigenvalue weighted by Crippen LogP contribution is -2.39. The van der Waals surface area contributed by atoms with Gasteiger partial charge in [-0.05, 0) is 76.9 Å². The van der Waals surface area contributed by atoms with Gasteiger partial charge in [-0.25, -0.2) is 4.79 Å². The lowest BCUT2D eigenvalue weighted by atomic mass is 9.81. The van der Waals surface area contributed by atoms with Crippen molar-refractivity contribution in [1.29, 1.82) is 0 Å². The molecule has 2 fully saturated rings. The Hall–Kier alpha value is -2.16. The van der Waals surface area contributed by atoms with E-state index in [9.17, 15) is 4.79 Å². The lowest BCUT2D eigenvalue weighted by Gasteiger charge is -2.33. The summed E-state index contributed by atoms with van der Waals surface area (Å²) in [5.74, 6) is 0.277. The van der Waals surface area contributed by atoms with Gasteiger partial charge >= 0.3 is 6.09 Å². The van der Waals surface area contributed by atoms with Gasteiger partial charge in [-0.15, -0.1) is 0 Å². The zero-order chi connectivity index (χ0) is 24.6. The van der Waals surface area contributed by atoms with E-state index >= 15 is 0 Å². The number of halogens is 1. The molecule has 0 radical (unpaired) electrons. The van der Waals surface area contributed by atoms with Crippen LogP contribution >= 0.6 is 11.6 Å². The molecule has 0 unspecified atom stereocenters. The zero-order valence-corrected chi connectivity index (χ0v) is 21.6. The molecule has 8 nitrogen and oxygen atoms in total. The molecule has 9 heteroatoms. The molecule has 1 amide bonds. The van der Waals surface area contributed by atoms with Crippen molar-refractivity contribution in [2.24, 2.45) is 16.1 Å². The van der Waals surface area contributed by atoms with Crippen LogP contribution in [0.4, 0.5) is 10.5 Å². The summed E-state index contributed by atoms with van der Waals surface area (Å²) in [5.41, 5.74) is 2.23. The average molecular weight is 503 g/mol. The normalized spacial score (nSPS) is 25.3. The van der Waals surface area contributed by atoms with Gasteiger partial charge in [-0.2, -0.15) is 10.2 Å². The molecule has 5 rings (SSSR count). The molecule has 35 heavy (non-hydrogen) atoms. The van der Waals surface area contributed by atoms with Gasteiger partial charge in [0.25, 0.3) is 0 Å². The fourth-order valence-corrected chi connectivity index (χ4v) is 5.78. The SMILES string of the molecule is CC(C)(C)OC(=O)N1CC=C(Cl)C([C@H]2CC[C@@H](OC3CCOCC3)CC2)=c2[nH]c3c(c21)CN=NC=3. The average Bonchev–Trinajstić information content (AvgIpc) is 3.12. The number of rotatable bonds is 3. The summed E-state index contributed by atoms with van der Waals surface area (Å²) in [6, 6.07) is 0. The first-order valence-corrected chi connectivity index (χ1v) is 13.1. The molecule has 1 aromatic rings. The third-order valence-electron chi connectivity index (χ3n) is 7.10. The van der Waals surface area contributed by atoms with Crippen LogP contribution in [-0.4, -0.2) is 48.6 Å². The van der Waals surface area contributed by atoms with Crippen molar-refractivity contribution in [2.75, 3.05) is 24.7 Å². The molecule has 1 aromatic heterocycles. The van der Waals surface area contributed by atoms with Crippen molar-refractivity contribution in [3.63, 3.8) is 0 Å². The Kier molecular flexibility index (Phi) is 7.06. The highest BCUT2D eigenvalue weighted by Gasteiger charge is 2.34. The second-order valence-electron chi connectivity index (χ2n) is 10.8. The quantitative estimate of drug-likeness (QED) is 0.659. The van der Waals surface area contributed by atoms with Gasteiger partial charge in [0.05, 0.1) is 41.3 Å². The summed E-state index contributed by atoms with van der Waals surface area (Å²) in [7, 11) is 0. The van der Waals surface area contributed by atoms with Crippen molar-refractivity contribution in [2.45, 2.75) is 83.6 Å². The number of amides is 1. The standard InChI is InChI=1S/C26H35ClN4O4/c1-26(2,3)35-25(32)31-11-8-20(27)22(23-24(31)19-14-28-29-15-21(19)30-23)16-4-6-17(7-5-16)34-18-9-12-33-13-10-18/h8,15-18,30H,4-7,9-14H2,1-3H3/t16-,17+. The minimum Gasteiger partial charge on any atom is -0.443 e. The van der Waals surface area contributed by atoms with E-state index in [2.05, 4.69) is 15.2 Å². The first-order valence-electron chi connectivity index (χ1n) is 12.7. The van der Waals surface area contributed by atoms with Gasteiger partial charge in [-0.1, -0.05) is 11.6 Å². The zero-order valence-electron chi connectivity index (χ0n) is 20.8. The van der Waals surface area contributed by atoms with Crippen molar-refractivity contribution in [1.82, 2.24) is 4.98 Å². The van der Waals surface area contributed by atoms with Crippen molar-refractivity contribution in [3.05, 3.63) is 27.4 Å². The van der Waals surface area contributed by atoms with E-state index < -0.39 is 11.7 Å². The largest absolute Gasteiger partial charge is 0.443 e. The van der Waals surface area contributed by atoms with Gasteiger partial charge < -0.3 is 19.2 Å². The molecule has 1 saturated heterocycles. The number of ether oxygens (including phenoxy) is 3. The van der Waals surface area contributed by atoms with Crippen LogP contribution < -0.4 is 15.6 Å². The van der Waals surface area contributed by atoms with E-state index in [1.165, 1.54) is 0 Å². The number of nitrogens with one attached hydrogen (secondary N) is 1. The smallest absolute Gasteiger partial charge is 0.415 e. The maximum Gasteiger partial charge on any atom is 0.415 e.